The van der Waals surface area contributed by atoms with Crippen LogP contribution in [0.3, 0.4) is 0 Å². The number of benzene rings is 1. The smallest absolute Gasteiger partial charge is 0.158 e. The van der Waals surface area contributed by atoms with Crippen molar-refractivity contribution in [2.24, 2.45) is 5.41 Å². The minimum Gasteiger partial charge on any atom is -0.369 e. The molecule has 29 heavy (non-hydrogen) atoms. The summed E-state index contributed by atoms with van der Waals surface area (Å²) in [6, 6.07) is 10.7. The van der Waals surface area contributed by atoms with Gasteiger partial charge >= 0.3 is 0 Å². The van der Waals surface area contributed by atoms with E-state index >= 15 is 0 Å². The van der Waals surface area contributed by atoms with E-state index < -0.39 is 0 Å². The van der Waals surface area contributed by atoms with Gasteiger partial charge in [0.1, 0.15) is 5.82 Å². The molecule has 0 aliphatic heterocycles. The first-order chi connectivity index (χ1) is 13.8. The molecular formula is C24H34N5+. The molecule has 1 aromatic carbocycles. The number of quaternary nitrogens is 1. The third-order valence-corrected chi connectivity index (χ3v) is 5.76. The zero-order chi connectivity index (χ0) is 20.6. The average Bonchev–Trinajstić information content (AvgIpc) is 3.08. The Morgan fingerprint density at radius 3 is 2.69 bits per heavy atom. The van der Waals surface area contributed by atoms with Crippen LogP contribution >= 0.6 is 0 Å². The van der Waals surface area contributed by atoms with Crippen molar-refractivity contribution >= 4 is 11.5 Å². The first-order valence-electron chi connectivity index (χ1n) is 10.8. The van der Waals surface area contributed by atoms with E-state index in [0.717, 1.165) is 48.7 Å². The highest BCUT2D eigenvalue weighted by Crippen LogP contribution is 2.30. The van der Waals surface area contributed by atoms with Crippen molar-refractivity contribution in [3.8, 4) is 11.3 Å². The van der Waals surface area contributed by atoms with E-state index in [1.807, 2.05) is 4.52 Å². The van der Waals surface area contributed by atoms with Crippen molar-refractivity contribution in [3.63, 3.8) is 0 Å². The van der Waals surface area contributed by atoms with Crippen molar-refractivity contribution in [2.45, 2.75) is 46.5 Å². The summed E-state index contributed by atoms with van der Waals surface area (Å²) in [5.41, 5.74) is 7.13. The van der Waals surface area contributed by atoms with E-state index in [1.54, 1.807) is 0 Å². The van der Waals surface area contributed by atoms with Crippen molar-refractivity contribution in [1.29, 1.82) is 0 Å². The van der Waals surface area contributed by atoms with E-state index in [0.29, 0.717) is 0 Å². The Bertz CT molecular complexity index is 1020. The third-order valence-electron chi connectivity index (χ3n) is 5.76. The Hall–Kier alpha value is -2.40. The normalized spacial score (nSPS) is 14.4. The maximum absolute atomic E-state index is 4.99. The summed E-state index contributed by atoms with van der Waals surface area (Å²) in [7, 11) is 4.44. The van der Waals surface area contributed by atoms with Crippen LogP contribution in [-0.4, -0.2) is 41.8 Å². The van der Waals surface area contributed by atoms with E-state index in [9.17, 15) is 0 Å². The zero-order valence-corrected chi connectivity index (χ0v) is 18.5. The van der Waals surface area contributed by atoms with Crippen LogP contribution in [0.5, 0.6) is 0 Å². The molecule has 0 unspecified atom stereocenters. The molecule has 0 bridgehead atoms. The summed E-state index contributed by atoms with van der Waals surface area (Å²) in [6.07, 6.45) is 4.60. The predicted octanol–water partition coefficient (Wildman–Crippen LogP) is 3.17. The van der Waals surface area contributed by atoms with Gasteiger partial charge < -0.3 is 10.2 Å². The standard InChI is InChI=1S/C24H33N5/c1-17-9-8-10-18(13-17)21-14-22-26-20-12-7-6-11-19(20)23(29(22)27-21)25-15-24(2,3)16-28(4)5/h8-10,13-14,25H,6-7,11-12,15-16H2,1-5H3/p+1. The lowest BCUT2D eigenvalue weighted by Gasteiger charge is -2.28. The quantitative estimate of drug-likeness (QED) is 0.677. The van der Waals surface area contributed by atoms with Gasteiger partial charge in [-0.2, -0.15) is 9.61 Å². The van der Waals surface area contributed by atoms with Gasteiger partial charge in [0.25, 0.3) is 0 Å². The number of anilines is 1. The Balaban J connectivity index is 1.76. The zero-order valence-electron chi connectivity index (χ0n) is 18.5. The summed E-state index contributed by atoms with van der Waals surface area (Å²) in [4.78, 5) is 6.47. The molecule has 154 valence electrons. The number of hydrogen-bond donors (Lipinski definition) is 2. The lowest BCUT2D eigenvalue weighted by atomic mass is 9.92. The molecule has 0 fully saturated rings. The topological polar surface area (TPSA) is 46.7 Å². The van der Waals surface area contributed by atoms with Crippen molar-refractivity contribution in [2.75, 3.05) is 32.5 Å². The lowest BCUT2D eigenvalue weighted by Crippen LogP contribution is -3.07. The van der Waals surface area contributed by atoms with Gasteiger partial charge in [0.05, 0.1) is 26.3 Å². The molecule has 0 saturated heterocycles. The lowest BCUT2D eigenvalue weighted by molar-refractivity contribution is -0.865. The van der Waals surface area contributed by atoms with Crippen LogP contribution in [-0.2, 0) is 12.8 Å². The van der Waals surface area contributed by atoms with Crippen LogP contribution in [0.2, 0.25) is 0 Å². The van der Waals surface area contributed by atoms with Crippen LogP contribution in [0.15, 0.2) is 30.3 Å². The van der Waals surface area contributed by atoms with Crippen molar-refractivity contribution < 1.29 is 4.90 Å². The second kappa shape index (κ2) is 7.79. The first-order valence-corrected chi connectivity index (χ1v) is 10.8. The molecular weight excluding hydrogens is 358 g/mol. The summed E-state index contributed by atoms with van der Waals surface area (Å²) in [5, 5.41) is 8.76. The summed E-state index contributed by atoms with van der Waals surface area (Å²) in [5.74, 6) is 1.14. The third kappa shape index (κ3) is 4.30. The molecule has 1 aliphatic rings. The molecule has 2 heterocycles. The number of aryl methyl sites for hydroxylation is 2. The van der Waals surface area contributed by atoms with Gasteiger partial charge in [-0.3, -0.25) is 0 Å². The largest absolute Gasteiger partial charge is 0.369 e. The van der Waals surface area contributed by atoms with Crippen LogP contribution in [0, 0.1) is 12.3 Å². The van der Waals surface area contributed by atoms with Gasteiger partial charge in [-0.1, -0.05) is 37.6 Å². The molecule has 5 nitrogen and oxygen atoms in total. The van der Waals surface area contributed by atoms with Crippen LogP contribution in [0.1, 0.15) is 43.5 Å². The SMILES string of the molecule is Cc1cccc(-c2cc3nc4c(c(NCC(C)(C)C[NH+](C)C)n3n2)CCCC4)c1. The Morgan fingerprint density at radius 1 is 1.14 bits per heavy atom. The molecule has 0 spiro atoms. The predicted molar refractivity (Wildman–Crippen MR) is 120 cm³/mol. The van der Waals surface area contributed by atoms with E-state index in [1.165, 1.54) is 34.6 Å². The van der Waals surface area contributed by atoms with Gasteiger partial charge in [-0.15, -0.1) is 0 Å². The maximum Gasteiger partial charge on any atom is 0.158 e. The number of rotatable bonds is 6. The highest BCUT2D eigenvalue weighted by Gasteiger charge is 2.25. The second-order valence-corrected chi connectivity index (χ2v) is 9.66. The molecule has 3 aromatic rings. The molecule has 1 aliphatic carbocycles. The molecule has 5 heteroatoms. The molecule has 0 saturated carbocycles. The van der Waals surface area contributed by atoms with Crippen molar-refractivity contribution in [3.05, 3.63) is 47.2 Å². The molecule has 2 aromatic heterocycles. The molecule has 0 atom stereocenters. The van der Waals surface area contributed by atoms with Crippen LogP contribution in [0.4, 0.5) is 5.82 Å². The van der Waals surface area contributed by atoms with Gasteiger partial charge in [0.2, 0.25) is 0 Å². The summed E-state index contributed by atoms with van der Waals surface area (Å²) < 4.78 is 2.04. The van der Waals surface area contributed by atoms with Crippen LogP contribution in [0.25, 0.3) is 16.9 Å². The number of aromatic nitrogens is 3. The van der Waals surface area contributed by atoms with Gasteiger partial charge in [0, 0.05) is 34.8 Å². The molecule has 4 rings (SSSR count). The Morgan fingerprint density at radius 2 is 1.93 bits per heavy atom. The summed E-state index contributed by atoms with van der Waals surface area (Å²) >= 11 is 0. The number of nitrogens with one attached hydrogen (secondary N) is 2. The fraction of sp³-hybridized carbons (Fsp3) is 0.500. The minimum absolute atomic E-state index is 0.197. The minimum atomic E-state index is 0.197. The fourth-order valence-electron chi connectivity index (χ4n) is 4.62. The highest BCUT2D eigenvalue weighted by molar-refractivity contribution is 5.67. The van der Waals surface area contributed by atoms with E-state index in [-0.39, 0.29) is 5.41 Å². The maximum atomic E-state index is 4.99. The monoisotopic (exact) mass is 392 g/mol. The highest BCUT2D eigenvalue weighted by atomic mass is 15.3. The molecule has 0 radical (unpaired) electrons. The average molecular weight is 393 g/mol. The van der Waals surface area contributed by atoms with Gasteiger partial charge in [0.15, 0.2) is 5.65 Å². The van der Waals surface area contributed by atoms with Gasteiger partial charge in [-0.25, -0.2) is 4.98 Å². The number of hydrogen-bond acceptors (Lipinski definition) is 3. The second-order valence-electron chi connectivity index (χ2n) is 9.66. The Kier molecular flexibility index (Phi) is 5.34. The van der Waals surface area contributed by atoms with Crippen molar-refractivity contribution in [1.82, 2.24) is 14.6 Å². The van der Waals surface area contributed by atoms with Crippen LogP contribution < -0.4 is 10.2 Å². The number of fused-ring (bicyclic) bond motifs is 2. The number of nitrogens with zero attached hydrogens (tertiary/aromatic N) is 3. The summed E-state index contributed by atoms with van der Waals surface area (Å²) in [6.45, 7) is 8.82. The van der Waals surface area contributed by atoms with E-state index in [2.05, 4.69) is 70.5 Å². The Labute approximate surface area is 174 Å². The van der Waals surface area contributed by atoms with Gasteiger partial charge in [-0.05, 0) is 38.7 Å². The first kappa shape index (κ1) is 19.9. The fourth-order valence-corrected chi connectivity index (χ4v) is 4.62. The molecule has 2 N–H and O–H groups in total. The van der Waals surface area contributed by atoms with E-state index in [4.69, 9.17) is 10.1 Å². The molecule has 0 amide bonds.